The molecule has 42 heavy (non-hydrogen) atoms. The fraction of sp³-hybridized carbons (Fsp3) is 0.412. The summed E-state index contributed by atoms with van der Waals surface area (Å²) in [5, 5.41) is 13.2. The van der Waals surface area contributed by atoms with Gasteiger partial charge in [-0.25, -0.2) is 4.48 Å². The molecule has 3 aromatic rings. The number of carbonyl (C=O) groups is 2. The molecule has 224 valence electrons. The SMILES string of the molecule is CN1C(=O)C(Cc2cc(OCc3ccccc3)c(OCc3ccccc3)cc2I)[N+](C(=O)[O-])(C(C)(C)C)C1C(C)(C)C. The summed E-state index contributed by atoms with van der Waals surface area (Å²) in [6, 6.07) is 22.7. The fourth-order valence-electron chi connectivity index (χ4n) is 6.37. The van der Waals surface area contributed by atoms with Gasteiger partial charge in [-0.3, -0.25) is 9.69 Å². The van der Waals surface area contributed by atoms with Crippen LogP contribution in [0.2, 0.25) is 0 Å². The van der Waals surface area contributed by atoms with E-state index in [1.54, 1.807) is 11.9 Å². The number of carbonyl (C=O) groups excluding carboxylic acids is 2. The second-order valence-electron chi connectivity index (χ2n) is 13.1. The molecule has 1 aliphatic rings. The van der Waals surface area contributed by atoms with Crippen molar-refractivity contribution < 1.29 is 28.7 Å². The normalized spacial score (nSPS) is 21.0. The van der Waals surface area contributed by atoms with Gasteiger partial charge in [0.1, 0.15) is 13.2 Å². The molecule has 8 heteroatoms. The first kappa shape index (κ1) is 31.8. The van der Waals surface area contributed by atoms with Crippen molar-refractivity contribution in [2.45, 2.75) is 78.9 Å². The first-order chi connectivity index (χ1) is 19.7. The third-order valence-electron chi connectivity index (χ3n) is 8.06. The summed E-state index contributed by atoms with van der Waals surface area (Å²) < 4.78 is 12.9. The van der Waals surface area contributed by atoms with E-state index in [9.17, 15) is 14.7 Å². The summed E-state index contributed by atoms with van der Waals surface area (Å²) in [5.74, 6) is 0.918. The molecule has 1 heterocycles. The van der Waals surface area contributed by atoms with E-state index in [2.05, 4.69) is 22.6 Å². The average molecular weight is 685 g/mol. The molecule has 0 radical (unpaired) electrons. The molecule has 0 N–H and O–H groups in total. The minimum absolute atomic E-state index is 0.207. The average Bonchev–Trinajstić information content (AvgIpc) is 3.16. The Balaban J connectivity index is 1.76. The van der Waals surface area contributed by atoms with Gasteiger partial charge >= 0.3 is 0 Å². The van der Waals surface area contributed by atoms with Crippen LogP contribution in [0.5, 0.6) is 11.5 Å². The maximum Gasteiger partial charge on any atom is 0.286 e. The van der Waals surface area contributed by atoms with Crippen molar-refractivity contribution in [3.8, 4) is 11.5 Å². The van der Waals surface area contributed by atoms with Crippen molar-refractivity contribution in [1.29, 1.82) is 0 Å². The molecule has 1 saturated heterocycles. The third-order valence-corrected chi connectivity index (χ3v) is 9.07. The van der Waals surface area contributed by atoms with Crippen LogP contribution in [0, 0.1) is 8.99 Å². The van der Waals surface area contributed by atoms with Gasteiger partial charge in [-0.15, -0.1) is 0 Å². The molecular formula is C34H41IN2O5. The number of rotatable bonds is 8. The summed E-state index contributed by atoms with van der Waals surface area (Å²) in [5.41, 5.74) is 1.52. The van der Waals surface area contributed by atoms with Crippen molar-refractivity contribution in [2.75, 3.05) is 7.05 Å². The van der Waals surface area contributed by atoms with Gasteiger partial charge < -0.3 is 19.4 Å². The number of hydrogen-bond donors (Lipinski definition) is 0. The number of amides is 2. The van der Waals surface area contributed by atoms with Gasteiger partial charge in [0.15, 0.2) is 23.7 Å². The lowest BCUT2D eigenvalue weighted by atomic mass is 9.85. The standard InChI is InChI=1S/C34H41IN2O5/c1-33(2,3)31-36(7)30(38)27(37(31,32(39)40)34(4,5)6)18-25-19-28(41-21-23-14-10-8-11-15-23)29(20-26(25)35)42-22-24-16-12-9-13-17-24/h8-17,19-20,27,31H,18,21-22H2,1-7H3. The zero-order valence-corrected chi connectivity index (χ0v) is 27.7. The highest BCUT2D eigenvalue weighted by molar-refractivity contribution is 14.1. The summed E-state index contributed by atoms with van der Waals surface area (Å²) in [6.45, 7) is 12.3. The van der Waals surface area contributed by atoms with E-state index < -0.39 is 33.7 Å². The fourth-order valence-corrected chi connectivity index (χ4v) is 7.03. The van der Waals surface area contributed by atoms with E-state index in [1.807, 2.05) is 114 Å². The Kier molecular flexibility index (Phi) is 9.28. The molecule has 7 nitrogen and oxygen atoms in total. The van der Waals surface area contributed by atoms with Crippen molar-refractivity contribution in [3.05, 3.63) is 93.1 Å². The van der Waals surface area contributed by atoms with Crippen LogP contribution in [0.25, 0.3) is 0 Å². The molecule has 3 aromatic carbocycles. The highest BCUT2D eigenvalue weighted by atomic mass is 127. The zero-order chi connectivity index (χ0) is 30.9. The quantitative estimate of drug-likeness (QED) is 0.210. The monoisotopic (exact) mass is 684 g/mol. The maximum absolute atomic E-state index is 13.9. The molecule has 0 aliphatic carbocycles. The molecule has 0 aromatic heterocycles. The van der Waals surface area contributed by atoms with Crippen LogP contribution in [0.4, 0.5) is 4.79 Å². The Labute approximate surface area is 263 Å². The van der Waals surface area contributed by atoms with Crippen LogP contribution in [-0.2, 0) is 24.4 Å². The summed E-state index contributed by atoms with van der Waals surface area (Å²) in [6.07, 6.45) is -1.65. The number of halogens is 1. The van der Waals surface area contributed by atoms with Gasteiger partial charge in [0.2, 0.25) is 0 Å². The van der Waals surface area contributed by atoms with Gasteiger partial charge in [-0.2, -0.15) is 0 Å². The number of hydrogen-bond acceptors (Lipinski definition) is 5. The predicted molar refractivity (Wildman–Crippen MR) is 170 cm³/mol. The second kappa shape index (κ2) is 12.2. The lowest BCUT2D eigenvalue weighted by Crippen LogP contribution is -2.76. The van der Waals surface area contributed by atoms with Crippen molar-refractivity contribution in [3.63, 3.8) is 0 Å². The van der Waals surface area contributed by atoms with Crippen LogP contribution in [-0.4, -0.2) is 46.2 Å². The molecule has 1 fully saturated rings. The first-order valence-electron chi connectivity index (χ1n) is 14.2. The number of quaternary nitrogens is 1. The van der Waals surface area contributed by atoms with Crippen molar-refractivity contribution >= 4 is 34.6 Å². The number of likely N-dealkylation sites (N-methyl/N-ethyl adjacent to an activating group) is 1. The van der Waals surface area contributed by atoms with Crippen molar-refractivity contribution in [1.82, 2.24) is 4.90 Å². The lowest BCUT2D eigenvalue weighted by molar-refractivity contribution is -0.958. The highest BCUT2D eigenvalue weighted by Gasteiger charge is 2.67. The molecular weight excluding hydrogens is 643 g/mol. The van der Waals surface area contributed by atoms with Crippen LogP contribution in [0.15, 0.2) is 72.8 Å². The maximum atomic E-state index is 13.9. The Hall–Kier alpha value is -3.11. The summed E-state index contributed by atoms with van der Waals surface area (Å²) >= 11 is 2.24. The third kappa shape index (κ3) is 6.15. The predicted octanol–water partition coefficient (Wildman–Crippen LogP) is 6.16. The Bertz CT molecular complexity index is 1420. The molecule has 2 amide bonds. The Morgan fingerprint density at radius 1 is 0.881 bits per heavy atom. The van der Waals surface area contributed by atoms with E-state index in [-0.39, 0.29) is 12.3 Å². The minimum atomic E-state index is -1.25. The Morgan fingerprint density at radius 3 is 1.79 bits per heavy atom. The lowest BCUT2D eigenvalue weighted by Gasteiger charge is -2.54. The largest absolute Gasteiger partial charge is 0.498 e. The number of nitrogens with zero attached hydrogens (tertiary/aromatic N) is 2. The van der Waals surface area contributed by atoms with Crippen LogP contribution < -0.4 is 14.6 Å². The van der Waals surface area contributed by atoms with Crippen LogP contribution in [0.3, 0.4) is 0 Å². The van der Waals surface area contributed by atoms with E-state index in [0.29, 0.717) is 24.7 Å². The van der Waals surface area contributed by atoms with Crippen LogP contribution >= 0.6 is 22.6 Å². The summed E-state index contributed by atoms with van der Waals surface area (Å²) in [4.78, 5) is 28.8. The van der Waals surface area contributed by atoms with E-state index >= 15 is 0 Å². The van der Waals surface area contributed by atoms with Gasteiger partial charge in [-0.05, 0) is 72.2 Å². The molecule has 0 spiro atoms. The minimum Gasteiger partial charge on any atom is -0.498 e. The van der Waals surface area contributed by atoms with Crippen molar-refractivity contribution in [2.24, 2.45) is 5.41 Å². The number of carboxylic acid groups (broad SMARTS) is 1. The zero-order valence-electron chi connectivity index (χ0n) is 25.5. The van der Waals surface area contributed by atoms with Crippen LogP contribution in [0.1, 0.15) is 58.2 Å². The number of benzene rings is 3. The Morgan fingerprint density at radius 2 is 1.36 bits per heavy atom. The van der Waals surface area contributed by atoms with E-state index in [4.69, 9.17) is 9.47 Å². The summed E-state index contributed by atoms with van der Waals surface area (Å²) in [7, 11) is 1.71. The topological polar surface area (TPSA) is 78.9 Å². The molecule has 3 unspecified atom stereocenters. The molecule has 4 rings (SSSR count). The number of ether oxygens (including phenoxy) is 2. The van der Waals surface area contributed by atoms with E-state index in [1.165, 1.54) is 0 Å². The van der Waals surface area contributed by atoms with Gasteiger partial charge in [-0.1, -0.05) is 81.4 Å². The highest BCUT2D eigenvalue weighted by Crippen LogP contribution is 2.47. The molecule has 1 aliphatic heterocycles. The molecule has 3 atom stereocenters. The van der Waals surface area contributed by atoms with Gasteiger partial charge in [0.25, 0.3) is 12.0 Å². The smallest absolute Gasteiger partial charge is 0.286 e. The van der Waals surface area contributed by atoms with Gasteiger partial charge in [0.05, 0.1) is 5.54 Å². The second-order valence-corrected chi connectivity index (χ2v) is 14.2. The molecule has 0 saturated carbocycles. The van der Waals surface area contributed by atoms with Gasteiger partial charge in [0, 0.05) is 22.5 Å². The molecule has 0 bridgehead atoms. The van der Waals surface area contributed by atoms with E-state index in [0.717, 1.165) is 20.3 Å². The first-order valence-corrected chi connectivity index (χ1v) is 15.3.